The topological polar surface area (TPSA) is 58.4 Å². The summed E-state index contributed by atoms with van der Waals surface area (Å²) in [7, 11) is 1.95. The van der Waals surface area contributed by atoms with Gasteiger partial charge in [0.25, 0.3) is 5.69 Å². The van der Waals surface area contributed by atoms with Gasteiger partial charge in [-0.3, -0.25) is 10.1 Å². The molecule has 5 heteroatoms. The van der Waals surface area contributed by atoms with Gasteiger partial charge in [-0.1, -0.05) is 6.07 Å². The van der Waals surface area contributed by atoms with E-state index in [0.29, 0.717) is 6.04 Å². The molecule has 1 heterocycles. The first kappa shape index (κ1) is 11.9. The molecule has 0 bridgehead atoms. The van der Waals surface area contributed by atoms with Crippen molar-refractivity contribution < 1.29 is 4.92 Å². The summed E-state index contributed by atoms with van der Waals surface area (Å²) in [5.41, 5.74) is 2.24. The second-order valence-corrected chi connectivity index (χ2v) is 4.45. The van der Waals surface area contributed by atoms with Crippen molar-refractivity contribution in [2.75, 3.05) is 25.0 Å². The van der Waals surface area contributed by atoms with E-state index in [-0.39, 0.29) is 10.6 Å². The third-order valence-corrected chi connectivity index (χ3v) is 3.34. The minimum absolute atomic E-state index is 0.165. The highest BCUT2D eigenvalue weighted by atomic mass is 16.6. The molecule has 1 aromatic rings. The Bertz CT molecular complexity index is 434. The molecule has 1 atom stereocenters. The third kappa shape index (κ3) is 2.39. The first-order valence-electron chi connectivity index (χ1n) is 5.79. The Hall–Kier alpha value is -1.62. The molecule has 0 saturated carbocycles. The van der Waals surface area contributed by atoms with Crippen LogP contribution < -0.4 is 10.2 Å². The highest BCUT2D eigenvalue weighted by molar-refractivity contribution is 5.59. The molecule has 2 rings (SSSR count). The number of non-ortho nitro benzene ring substituents is 1. The Kier molecular flexibility index (Phi) is 3.28. The van der Waals surface area contributed by atoms with Crippen molar-refractivity contribution in [2.45, 2.75) is 19.4 Å². The number of aryl methyl sites for hydroxylation is 1. The molecule has 0 aliphatic carbocycles. The lowest BCUT2D eigenvalue weighted by atomic mass is 10.1. The van der Waals surface area contributed by atoms with E-state index in [1.165, 1.54) is 0 Å². The molecule has 0 spiro atoms. The van der Waals surface area contributed by atoms with Crippen LogP contribution in [-0.2, 0) is 0 Å². The molecule has 92 valence electrons. The van der Waals surface area contributed by atoms with Crippen LogP contribution >= 0.6 is 0 Å². The van der Waals surface area contributed by atoms with Crippen LogP contribution in [0, 0.1) is 17.0 Å². The molecule has 1 unspecified atom stereocenters. The standard InChI is InChI=1S/C12H17N3O2/c1-9-3-4-11(15(16)17)7-12(9)14-6-5-10(8-14)13-2/h3-4,7,10,13H,5-6,8H2,1-2H3. The van der Waals surface area contributed by atoms with E-state index in [1.807, 2.05) is 20.0 Å². The molecule has 1 aliphatic heterocycles. The number of nitro groups is 1. The first-order chi connectivity index (χ1) is 8.11. The van der Waals surface area contributed by atoms with Crippen LogP contribution in [0.15, 0.2) is 18.2 Å². The van der Waals surface area contributed by atoms with Gasteiger partial charge in [0.1, 0.15) is 0 Å². The Morgan fingerprint density at radius 3 is 2.88 bits per heavy atom. The second kappa shape index (κ2) is 4.71. The van der Waals surface area contributed by atoms with Crippen molar-refractivity contribution in [1.82, 2.24) is 5.32 Å². The quantitative estimate of drug-likeness (QED) is 0.640. The van der Waals surface area contributed by atoms with Crippen molar-refractivity contribution >= 4 is 11.4 Å². The Balaban J connectivity index is 2.25. The van der Waals surface area contributed by atoms with Gasteiger partial charge in [-0.05, 0) is 26.0 Å². The van der Waals surface area contributed by atoms with Crippen LogP contribution in [0.25, 0.3) is 0 Å². The lowest BCUT2D eigenvalue weighted by molar-refractivity contribution is -0.384. The van der Waals surface area contributed by atoms with Gasteiger partial charge in [0, 0.05) is 37.0 Å². The van der Waals surface area contributed by atoms with Crippen LogP contribution in [0.4, 0.5) is 11.4 Å². The monoisotopic (exact) mass is 235 g/mol. The fourth-order valence-electron chi connectivity index (χ4n) is 2.27. The van der Waals surface area contributed by atoms with Gasteiger partial charge in [0.15, 0.2) is 0 Å². The van der Waals surface area contributed by atoms with E-state index in [4.69, 9.17) is 0 Å². The summed E-state index contributed by atoms with van der Waals surface area (Å²) >= 11 is 0. The van der Waals surface area contributed by atoms with Gasteiger partial charge in [-0.25, -0.2) is 0 Å². The number of hydrogen-bond donors (Lipinski definition) is 1. The average Bonchev–Trinajstić information content (AvgIpc) is 2.77. The highest BCUT2D eigenvalue weighted by Gasteiger charge is 2.23. The van der Waals surface area contributed by atoms with Crippen LogP contribution in [0.2, 0.25) is 0 Å². The molecule has 0 aromatic heterocycles. The van der Waals surface area contributed by atoms with Crippen LogP contribution in [-0.4, -0.2) is 31.1 Å². The van der Waals surface area contributed by atoms with Crippen molar-refractivity contribution in [1.29, 1.82) is 0 Å². The van der Waals surface area contributed by atoms with E-state index in [9.17, 15) is 10.1 Å². The zero-order chi connectivity index (χ0) is 12.4. The number of hydrogen-bond acceptors (Lipinski definition) is 4. The maximum Gasteiger partial charge on any atom is 0.271 e. The molecule has 0 amide bonds. The predicted molar refractivity (Wildman–Crippen MR) is 67.5 cm³/mol. The highest BCUT2D eigenvalue weighted by Crippen LogP contribution is 2.28. The van der Waals surface area contributed by atoms with Crippen molar-refractivity contribution in [3.63, 3.8) is 0 Å². The largest absolute Gasteiger partial charge is 0.369 e. The zero-order valence-corrected chi connectivity index (χ0v) is 10.1. The number of likely N-dealkylation sites (N-methyl/N-ethyl adjacent to an activating group) is 1. The molecule has 5 nitrogen and oxygen atoms in total. The number of nitro benzene ring substituents is 1. The summed E-state index contributed by atoms with van der Waals surface area (Å²) in [6, 6.07) is 5.53. The lowest BCUT2D eigenvalue weighted by Gasteiger charge is -2.20. The van der Waals surface area contributed by atoms with Gasteiger partial charge >= 0.3 is 0 Å². The number of nitrogens with one attached hydrogen (secondary N) is 1. The van der Waals surface area contributed by atoms with Crippen molar-refractivity contribution in [3.8, 4) is 0 Å². The predicted octanol–water partition coefficient (Wildman–Crippen LogP) is 1.70. The average molecular weight is 235 g/mol. The molecule has 1 saturated heterocycles. The summed E-state index contributed by atoms with van der Waals surface area (Å²) in [5, 5.41) is 14.0. The van der Waals surface area contributed by atoms with Gasteiger partial charge in [-0.2, -0.15) is 0 Å². The molecule has 1 aromatic carbocycles. The summed E-state index contributed by atoms with van der Waals surface area (Å²) in [5.74, 6) is 0. The van der Waals surface area contributed by atoms with Gasteiger partial charge < -0.3 is 10.2 Å². The van der Waals surface area contributed by atoms with Crippen molar-refractivity contribution in [3.05, 3.63) is 33.9 Å². The molecule has 0 radical (unpaired) electrons. The normalized spacial score (nSPS) is 19.6. The number of benzene rings is 1. The molecular weight excluding hydrogens is 218 g/mol. The second-order valence-electron chi connectivity index (χ2n) is 4.45. The van der Waals surface area contributed by atoms with E-state index in [1.54, 1.807) is 12.1 Å². The lowest BCUT2D eigenvalue weighted by Crippen LogP contribution is -2.29. The third-order valence-electron chi connectivity index (χ3n) is 3.34. The Labute approximate surface area is 101 Å². The molecular formula is C12H17N3O2. The molecule has 1 fully saturated rings. The van der Waals surface area contributed by atoms with E-state index >= 15 is 0 Å². The summed E-state index contributed by atoms with van der Waals surface area (Å²) in [6.07, 6.45) is 1.08. The minimum atomic E-state index is -0.339. The number of anilines is 1. The Morgan fingerprint density at radius 2 is 2.29 bits per heavy atom. The first-order valence-corrected chi connectivity index (χ1v) is 5.79. The maximum absolute atomic E-state index is 10.8. The zero-order valence-electron chi connectivity index (χ0n) is 10.1. The smallest absolute Gasteiger partial charge is 0.271 e. The van der Waals surface area contributed by atoms with E-state index < -0.39 is 0 Å². The fourth-order valence-corrected chi connectivity index (χ4v) is 2.27. The minimum Gasteiger partial charge on any atom is -0.369 e. The van der Waals surface area contributed by atoms with E-state index in [2.05, 4.69) is 10.2 Å². The summed E-state index contributed by atoms with van der Waals surface area (Å²) in [6.45, 7) is 3.86. The molecule has 1 N–H and O–H groups in total. The molecule has 1 aliphatic rings. The SMILES string of the molecule is CNC1CCN(c2cc([N+](=O)[O-])ccc2C)C1. The number of nitrogens with zero attached hydrogens (tertiary/aromatic N) is 2. The fraction of sp³-hybridized carbons (Fsp3) is 0.500. The van der Waals surface area contributed by atoms with Gasteiger partial charge in [0.05, 0.1) is 4.92 Å². The Morgan fingerprint density at radius 1 is 1.53 bits per heavy atom. The van der Waals surface area contributed by atoms with Gasteiger partial charge in [-0.15, -0.1) is 0 Å². The van der Waals surface area contributed by atoms with Crippen molar-refractivity contribution in [2.24, 2.45) is 0 Å². The van der Waals surface area contributed by atoms with Crippen LogP contribution in [0.3, 0.4) is 0 Å². The maximum atomic E-state index is 10.8. The molecule has 17 heavy (non-hydrogen) atoms. The van der Waals surface area contributed by atoms with Crippen LogP contribution in [0.5, 0.6) is 0 Å². The van der Waals surface area contributed by atoms with Crippen LogP contribution in [0.1, 0.15) is 12.0 Å². The summed E-state index contributed by atoms with van der Waals surface area (Å²) < 4.78 is 0. The summed E-state index contributed by atoms with van der Waals surface area (Å²) in [4.78, 5) is 12.6. The van der Waals surface area contributed by atoms with Gasteiger partial charge in [0.2, 0.25) is 0 Å². The number of rotatable bonds is 3. The van der Waals surface area contributed by atoms with E-state index in [0.717, 1.165) is 30.8 Å².